The molecule has 0 spiro atoms. The van der Waals surface area contributed by atoms with E-state index < -0.39 is 24.1 Å². The Balaban J connectivity index is -0.000000405. The smallest absolute Gasteiger partial charge is 0.335 e. The SMILES string of the molecule is N.O=C(O)[C@H](O)[C@@H](O)C(=O)O.[K]. The zero-order valence-corrected chi connectivity index (χ0v) is 9.59. The van der Waals surface area contributed by atoms with Crippen LogP contribution in [-0.4, -0.2) is 96.0 Å². The van der Waals surface area contributed by atoms with Crippen LogP contribution in [0.1, 0.15) is 0 Å². The summed E-state index contributed by atoms with van der Waals surface area (Å²) in [5.74, 6) is -3.54. The maximum atomic E-state index is 9.77. The van der Waals surface area contributed by atoms with E-state index in [4.69, 9.17) is 20.4 Å². The first kappa shape index (κ1) is 18.3. The molecule has 0 aromatic heterocycles. The second-order valence-corrected chi connectivity index (χ2v) is 1.57. The number of carbonyl (C=O) groups is 2. The van der Waals surface area contributed by atoms with E-state index in [-0.39, 0.29) is 57.5 Å². The van der Waals surface area contributed by atoms with Crippen molar-refractivity contribution >= 4 is 63.3 Å². The van der Waals surface area contributed by atoms with Crippen LogP contribution in [0.3, 0.4) is 0 Å². The Kier molecular flexibility index (Phi) is 12.3. The molecule has 0 rings (SSSR count). The quantitative estimate of drug-likeness (QED) is 0.324. The first-order valence-corrected chi connectivity index (χ1v) is 2.28. The van der Waals surface area contributed by atoms with Crippen LogP contribution in [0, 0.1) is 0 Å². The molecule has 1 radical (unpaired) electrons. The fourth-order valence-electron chi connectivity index (χ4n) is 0.270. The van der Waals surface area contributed by atoms with Gasteiger partial charge in [0.1, 0.15) is 0 Å². The monoisotopic (exact) mass is 206 g/mol. The van der Waals surface area contributed by atoms with Gasteiger partial charge in [0.15, 0.2) is 12.2 Å². The van der Waals surface area contributed by atoms with Crippen LogP contribution in [0.25, 0.3) is 0 Å². The van der Waals surface area contributed by atoms with E-state index >= 15 is 0 Å². The summed E-state index contributed by atoms with van der Waals surface area (Å²) in [7, 11) is 0. The van der Waals surface area contributed by atoms with Gasteiger partial charge in [0.2, 0.25) is 0 Å². The van der Waals surface area contributed by atoms with Gasteiger partial charge in [0.05, 0.1) is 0 Å². The molecule has 7 nitrogen and oxygen atoms in total. The second kappa shape index (κ2) is 8.07. The molecule has 0 aliphatic rings. The molecular weight excluding hydrogens is 197 g/mol. The molecule has 0 amide bonds. The van der Waals surface area contributed by atoms with E-state index in [1.807, 2.05) is 0 Å². The molecule has 0 bridgehead atoms. The summed E-state index contributed by atoms with van der Waals surface area (Å²) in [6, 6.07) is 0. The molecule has 0 heterocycles. The maximum Gasteiger partial charge on any atom is 0.335 e. The van der Waals surface area contributed by atoms with Crippen molar-refractivity contribution in [2.24, 2.45) is 0 Å². The summed E-state index contributed by atoms with van der Waals surface area (Å²) in [4.78, 5) is 19.5. The number of hydrogen-bond donors (Lipinski definition) is 5. The molecular formula is C4H9KNO6. The number of aliphatic hydroxyl groups is 2. The predicted octanol–water partition coefficient (Wildman–Crippen LogP) is -2.34. The molecule has 0 aromatic rings. The van der Waals surface area contributed by atoms with Gasteiger partial charge in [0.25, 0.3) is 0 Å². The molecule has 0 aliphatic heterocycles. The number of aliphatic hydroxyl groups excluding tert-OH is 2. The number of carboxylic acid groups (broad SMARTS) is 2. The average molecular weight is 206 g/mol. The Hall–Kier alpha value is 0.456. The van der Waals surface area contributed by atoms with Gasteiger partial charge in [-0.05, 0) is 0 Å². The van der Waals surface area contributed by atoms with Crippen molar-refractivity contribution in [3.63, 3.8) is 0 Å². The van der Waals surface area contributed by atoms with Crippen molar-refractivity contribution in [3.05, 3.63) is 0 Å². The number of aliphatic carboxylic acids is 2. The van der Waals surface area contributed by atoms with Gasteiger partial charge in [-0.2, -0.15) is 0 Å². The average Bonchev–Trinajstić information content (AvgIpc) is 1.84. The van der Waals surface area contributed by atoms with Crippen molar-refractivity contribution in [1.82, 2.24) is 6.15 Å². The zero-order valence-electron chi connectivity index (χ0n) is 6.47. The molecule has 8 heteroatoms. The Morgan fingerprint density at radius 1 is 0.917 bits per heavy atom. The summed E-state index contributed by atoms with van der Waals surface area (Å²) in [5, 5.41) is 32.5. The van der Waals surface area contributed by atoms with Gasteiger partial charge in [-0.25, -0.2) is 9.59 Å². The van der Waals surface area contributed by atoms with E-state index in [1.165, 1.54) is 0 Å². The summed E-state index contributed by atoms with van der Waals surface area (Å²) in [6.07, 6.45) is -4.53. The summed E-state index contributed by atoms with van der Waals surface area (Å²) < 4.78 is 0. The van der Waals surface area contributed by atoms with E-state index in [2.05, 4.69) is 0 Å². The van der Waals surface area contributed by atoms with Crippen LogP contribution in [0.5, 0.6) is 0 Å². The van der Waals surface area contributed by atoms with Crippen LogP contribution in [0.15, 0.2) is 0 Å². The minimum Gasteiger partial charge on any atom is -0.479 e. The van der Waals surface area contributed by atoms with E-state index in [9.17, 15) is 9.59 Å². The molecule has 0 aliphatic carbocycles. The summed E-state index contributed by atoms with van der Waals surface area (Å²) >= 11 is 0. The van der Waals surface area contributed by atoms with Crippen LogP contribution in [0.2, 0.25) is 0 Å². The van der Waals surface area contributed by atoms with Crippen molar-refractivity contribution in [1.29, 1.82) is 0 Å². The van der Waals surface area contributed by atoms with Crippen molar-refractivity contribution in [2.75, 3.05) is 0 Å². The van der Waals surface area contributed by atoms with Crippen molar-refractivity contribution < 1.29 is 30.0 Å². The second-order valence-electron chi connectivity index (χ2n) is 1.57. The molecule has 0 fully saturated rings. The third-order valence-electron chi connectivity index (χ3n) is 0.805. The largest absolute Gasteiger partial charge is 0.479 e. The van der Waals surface area contributed by atoms with Crippen LogP contribution >= 0.6 is 0 Å². The summed E-state index contributed by atoms with van der Waals surface area (Å²) in [5.41, 5.74) is 0. The third kappa shape index (κ3) is 6.03. The number of rotatable bonds is 3. The Morgan fingerprint density at radius 2 is 1.08 bits per heavy atom. The van der Waals surface area contributed by atoms with E-state index in [1.54, 1.807) is 0 Å². The van der Waals surface area contributed by atoms with Crippen LogP contribution in [0.4, 0.5) is 0 Å². The minimum absolute atomic E-state index is 0. The van der Waals surface area contributed by atoms with E-state index in [0.29, 0.717) is 0 Å². The first-order chi connectivity index (χ1) is 4.46. The van der Waals surface area contributed by atoms with Gasteiger partial charge >= 0.3 is 11.9 Å². The van der Waals surface area contributed by atoms with Gasteiger partial charge in [-0.15, -0.1) is 0 Å². The predicted molar refractivity (Wildman–Crippen MR) is 38.1 cm³/mol. The molecule has 0 saturated heterocycles. The topological polar surface area (TPSA) is 150 Å². The van der Waals surface area contributed by atoms with Gasteiger partial charge in [-0.3, -0.25) is 0 Å². The fraction of sp³-hybridized carbons (Fsp3) is 0.500. The molecule has 67 valence electrons. The normalized spacial score (nSPS) is 13.2. The molecule has 2 atom stereocenters. The third-order valence-corrected chi connectivity index (χ3v) is 0.805. The zero-order chi connectivity index (χ0) is 8.31. The molecule has 0 unspecified atom stereocenters. The summed E-state index contributed by atoms with van der Waals surface area (Å²) in [6.45, 7) is 0. The van der Waals surface area contributed by atoms with Gasteiger partial charge in [-0.1, -0.05) is 0 Å². The molecule has 0 saturated carbocycles. The van der Waals surface area contributed by atoms with Crippen molar-refractivity contribution in [3.8, 4) is 0 Å². The van der Waals surface area contributed by atoms with Crippen LogP contribution < -0.4 is 6.15 Å². The standard InChI is InChI=1S/C4H6O6.K.H3N/c5-1(3(7)8)2(6)4(9)10;;/h1-2,5-6H,(H,7,8)(H,9,10);;1H3/t1-,2-;;/m1../s1. The van der Waals surface area contributed by atoms with Crippen molar-refractivity contribution in [2.45, 2.75) is 12.2 Å². The molecule has 12 heavy (non-hydrogen) atoms. The van der Waals surface area contributed by atoms with Gasteiger partial charge in [0, 0.05) is 51.4 Å². The first-order valence-electron chi connectivity index (χ1n) is 2.28. The maximum absolute atomic E-state index is 9.77. The Bertz CT molecular complexity index is 144. The van der Waals surface area contributed by atoms with E-state index in [0.717, 1.165) is 0 Å². The fourth-order valence-corrected chi connectivity index (χ4v) is 0.270. The van der Waals surface area contributed by atoms with Crippen LogP contribution in [-0.2, 0) is 9.59 Å². The Labute approximate surface area is 110 Å². The Morgan fingerprint density at radius 3 is 1.17 bits per heavy atom. The molecule has 0 aromatic carbocycles. The number of carboxylic acids is 2. The minimum atomic E-state index is -2.27. The number of hydrogen-bond acceptors (Lipinski definition) is 5. The van der Waals surface area contributed by atoms with Gasteiger partial charge < -0.3 is 26.6 Å². The molecule has 7 N–H and O–H groups in total.